The first kappa shape index (κ1) is 29.3. The van der Waals surface area contributed by atoms with E-state index in [-0.39, 0.29) is 19.9 Å². The summed E-state index contributed by atoms with van der Waals surface area (Å²) in [4.78, 5) is 7.55. The Labute approximate surface area is 164 Å². The second-order valence-corrected chi connectivity index (χ2v) is 5.23. The average Bonchev–Trinajstić information content (AvgIpc) is 2.67. The highest BCUT2D eigenvalue weighted by Gasteiger charge is 2.16. The number of alkyl halides is 1. The van der Waals surface area contributed by atoms with Crippen LogP contribution < -0.4 is 10.6 Å². The molecule has 0 aromatic rings. The summed E-state index contributed by atoms with van der Waals surface area (Å²) in [5.41, 5.74) is 0. The molecule has 0 bridgehead atoms. The summed E-state index contributed by atoms with van der Waals surface area (Å²) < 4.78 is 0. The molecule has 0 aliphatic carbocycles. The molecule has 2 heterocycles. The smallest absolute Gasteiger partial charge is 0.270 e. The highest BCUT2D eigenvalue weighted by Crippen LogP contribution is 2.00. The summed E-state index contributed by atoms with van der Waals surface area (Å²) in [5.74, 6) is 0.0972. The Hall–Kier alpha value is -1.44. The van der Waals surface area contributed by atoms with Gasteiger partial charge in [0.2, 0.25) is 0 Å². The number of piperazine rings is 2. The largest absolute Gasteiger partial charge is 0.397 e. The van der Waals surface area contributed by atoms with Crippen LogP contribution in [0.2, 0.25) is 0 Å². The quantitative estimate of drug-likeness (QED) is 0.361. The molecular formula is C17H34ClN7O. The molecule has 0 saturated carbocycles. The van der Waals surface area contributed by atoms with Gasteiger partial charge >= 0.3 is 0 Å². The first-order chi connectivity index (χ1) is 12.2. The fourth-order valence-corrected chi connectivity index (χ4v) is 1.89. The third kappa shape index (κ3) is 22.6. The van der Waals surface area contributed by atoms with Crippen molar-refractivity contribution in [2.45, 2.75) is 14.4 Å². The van der Waals surface area contributed by atoms with Crippen molar-refractivity contribution in [1.29, 1.82) is 10.5 Å². The summed E-state index contributed by atoms with van der Waals surface area (Å²) in [7, 11) is 0. The van der Waals surface area contributed by atoms with E-state index in [0.29, 0.717) is 13.2 Å². The molecule has 0 unspecified atom stereocenters. The predicted octanol–water partition coefficient (Wildman–Crippen LogP) is 0.567. The third-order valence-corrected chi connectivity index (χ3v) is 3.17. The molecule has 2 saturated heterocycles. The molecule has 0 aromatic heterocycles. The van der Waals surface area contributed by atoms with Gasteiger partial charge in [-0.15, -0.1) is 11.6 Å². The van der Waals surface area contributed by atoms with Crippen molar-refractivity contribution in [3.05, 3.63) is 11.4 Å². The van der Waals surface area contributed by atoms with Gasteiger partial charge in [-0.25, -0.2) is 11.5 Å². The van der Waals surface area contributed by atoms with Crippen LogP contribution in [0.3, 0.4) is 0 Å². The fourth-order valence-electron chi connectivity index (χ4n) is 1.89. The Kier molecular flexibility index (Phi) is 29.1. The third-order valence-electron chi connectivity index (χ3n) is 3.05. The van der Waals surface area contributed by atoms with E-state index < -0.39 is 0 Å². The van der Waals surface area contributed by atoms with Crippen molar-refractivity contribution in [3.8, 4) is 12.1 Å². The van der Waals surface area contributed by atoms with Gasteiger partial charge in [0.05, 0.1) is 18.7 Å². The number of aliphatic hydroxyl groups excluding tert-OH is 1. The molecule has 2 rings (SSSR count). The van der Waals surface area contributed by atoms with Gasteiger partial charge in [-0.1, -0.05) is 7.43 Å². The standard InChI is InChI=1S/C8H12N4.C4H10N2.C2H2ClN.C2H6O.CH4/c1-10-8-12-6-4-11(3-2-9)5-7-12;1-2-6-4-3-5-1;3-1-2-4;1-2-3;/h3-8H2;5-6H,1-4H2;1H2;3H,2H2,1H3;1H4. The van der Waals surface area contributed by atoms with E-state index in [9.17, 15) is 0 Å². The second-order valence-electron chi connectivity index (χ2n) is 4.96. The molecule has 2 aliphatic heterocycles. The zero-order valence-electron chi connectivity index (χ0n) is 15.0. The van der Waals surface area contributed by atoms with Gasteiger partial charge in [0, 0.05) is 59.0 Å². The normalized spacial score (nSPS) is 16.2. The molecule has 2 fully saturated rings. The number of hydrogen-bond donors (Lipinski definition) is 3. The zero-order valence-corrected chi connectivity index (χ0v) is 15.8. The highest BCUT2D eigenvalue weighted by atomic mass is 35.5. The lowest BCUT2D eigenvalue weighted by atomic mass is 10.3. The zero-order chi connectivity index (χ0) is 19.2. The highest BCUT2D eigenvalue weighted by molar-refractivity contribution is 6.19. The van der Waals surface area contributed by atoms with E-state index in [1.807, 2.05) is 0 Å². The Morgan fingerprint density at radius 2 is 1.42 bits per heavy atom. The molecule has 0 atom stereocenters. The summed E-state index contributed by atoms with van der Waals surface area (Å²) in [6.45, 7) is 17.9. The average molecular weight is 388 g/mol. The molecule has 0 spiro atoms. The molecule has 0 radical (unpaired) electrons. The Balaban J connectivity index is -0.000000318. The van der Waals surface area contributed by atoms with Gasteiger partial charge in [0.1, 0.15) is 5.88 Å². The summed E-state index contributed by atoms with van der Waals surface area (Å²) in [6, 6.07) is 3.83. The summed E-state index contributed by atoms with van der Waals surface area (Å²) >= 11 is 4.82. The van der Waals surface area contributed by atoms with Gasteiger partial charge in [-0.3, -0.25) is 9.74 Å². The molecule has 8 nitrogen and oxygen atoms in total. The van der Waals surface area contributed by atoms with E-state index in [4.69, 9.17) is 33.8 Å². The molecule has 9 heteroatoms. The van der Waals surface area contributed by atoms with Gasteiger partial charge in [0.15, 0.2) is 0 Å². The number of hydrogen-bond acceptors (Lipinski definition) is 7. The minimum absolute atomic E-state index is 0. The molecule has 2 aliphatic rings. The van der Waals surface area contributed by atoms with Crippen molar-refractivity contribution < 1.29 is 5.11 Å². The minimum Gasteiger partial charge on any atom is -0.397 e. The van der Waals surface area contributed by atoms with Crippen molar-refractivity contribution >= 4 is 11.6 Å². The van der Waals surface area contributed by atoms with E-state index in [1.54, 1.807) is 13.0 Å². The van der Waals surface area contributed by atoms with Gasteiger partial charge in [-0.05, 0) is 6.92 Å². The van der Waals surface area contributed by atoms with Crippen LogP contribution in [0.4, 0.5) is 0 Å². The fraction of sp³-hybridized carbons (Fsp3) is 0.824. The van der Waals surface area contributed by atoms with E-state index in [0.717, 1.165) is 52.4 Å². The monoisotopic (exact) mass is 387 g/mol. The van der Waals surface area contributed by atoms with Crippen LogP contribution in [-0.4, -0.2) is 93.0 Å². The number of halogens is 1. The van der Waals surface area contributed by atoms with Crippen LogP contribution in [0.1, 0.15) is 14.4 Å². The van der Waals surface area contributed by atoms with E-state index >= 15 is 0 Å². The molecule has 3 N–H and O–H groups in total. The summed E-state index contributed by atoms with van der Waals surface area (Å²) in [5, 5.41) is 29.9. The van der Waals surface area contributed by atoms with E-state index in [1.165, 1.54) is 0 Å². The minimum atomic E-state index is 0. The van der Waals surface area contributed by atoms with Gasteiger partial charge in [-0.2, -0.15) is 10.5 Å². The van der Waals surface area contributed by atoms with Crippen LogP contribution in [0.15, 0.2) is 0 Å². The van der Waals surface area contributed by atoms with Crippen LogP contribution in [0.5, 0.6) is 0 Å². The molecule has 0 amide bonds. The summed E-state index contributed by atoms with van der Waals surface area (Å²) in [6.07, 6.45) is 0. The van der Waals surface area contributed by atoms with Crippen molar-refractivity contribution in [3.63, 3.8) is 0 Å². The van der Waals surface area contributed by atoms with Gasteiger partial charge < -0.3 is 15.7 Å². The van der Waals surface area contributed by atoms with Crippen LogP contribution >= 0.6 is 11.6 Å². The number of rotatable bonds is 2. The van der Waals surface area contributed by atoms with Crippen LogP contribution in [0, 0.1) is 29.2 Å². The van der Waals surface area contributed by atoms with Crippen molar-refractivity contribution in [1.82, 2.24) is 20.4 Å². The maximum absolute atomic E-state index is 8.43. The molecule has 150 valence electrons. The molecule has 26 heavy (non-hydrogen) atoms. The predicted molar refractivity (Wildman–Crippen MR) is 107 cm³/mol. The lowest BCUT2D eigenvalue weighted by Crippen LogP contribution is -2.46. The number of nitriles is 2. The Bertz CT molecular complexity index is 356. The number of aliphatic hydroxyl groups is 1. The first-order valence-corrected chi connectivity index (χ1v) is 8.83. The second kappa shape index (κ2) is 25.8. The van der Waals surface area contributed by atoms with E-state index in [2.05, 4.69) is 31.3 Å². The lowest BCUT2D eigenvalue weighted by Gasteiger charge is -2.29. The van der Waals surface area contributed by atoms with Gasteiger partial charge in [0.25, 0.3) is 6.67 Å². The number of nitrogens with zero attached hydrogens (tertiary/aromatic N) is 5. The molecular weight excluding hydrogens is 354 g/mol. The maximum Gasteiger partial charge on any atom is 0.270 e. The lowest BCUT2D eigenvalue weighted by molar-refractivity contribution is 0.154. The van der Waals surface area contributed by atoms with Crippen LogP contribution in [-0.2, 0) is 0 Å². The maximum atomic E-state index is 8.43. The first-order valence-electron chi connectivity index (χ1n) is 8.30. The Morgan fingerprint density at radius 3 is 1.69 bits per heavy atom. The Morgan fingerprint density at radius 1 is 1.04 bits per heavy atom. The SMILES string of the molecule is C.C1CNCCN1.CCO.N#CCCl.[C-]#[N+]CN1CCN(CC#N)CC1. The van der Waals surface area contributed by atoms with Crippen LogP contribution in [0.25, 0.3) is 4.85 Å². The van der Waals surface area contributed by atoms with Crippen molar-refractivity contribution in [2.75, 3.05) is 78.1 Å². The molecule has 0 aromatic carbocycles. The number of nitrogens with one attached hydrogen (secondary N) is 2. The van der Waals surface area contributed by atoms with Crippen molar-refractivity contribution in [2.24, 2.45) is 0 Å². The topological polar surface area (TPSA) is 103 Å².